The second-order valence-electron chi connectivity index (χ2n) is 7.97. The lowest BCUT2D eigenvalue weighted by molar-refractivity contribution is -0.0817. The van der Waals surface area contributed by atoms with Crippen molar-refractivity contribution in [3.8, 4) is 0 Å². The van der Waals surface area contributed by atoms with Gasteiger partial charge in [-0.2, -0.15) is 0 Å². The van der Waals surface area contributed by atoms with Gasteiger partial charge in [-0.3, -0.25) is 4.90 Å². The molecule has 5 rings (SSSR count). The van der Waals surface area contributed by atoms with E-state index in [1.807, 2.05) is 0 Å². The highest BCUT2D eigenvalue weighted by Gasteiger charge is 2.55. The molecule has 1 unspecified atom stereocenters. The third kappa shape index (κ3) is 1.60. The van der Waals surface area contributed by atoms with Crippen molar-refractivity contribution in [1.82, 2.24) is 4.90 Å². The predicted molar refractivity (Wildman–Crippen MR) is 69.7 cm³/mol. The lowest BCUT2D eigenvalue weighted by atomic mass is 9.52. The van der Waals surface area contributed by atoms with Crippen LogP contribution in [0.2, 0.25) is 0 Å². The van der Waals surface area contributed by atoms with Crippen molar-refractivity contribution in [2.75, 3.05) is 13.1 Å². The standard InChI is InChI=1S/C15H26N2/c1-14(16)2-3-17(10-14)15-7-11-4-12(8-15)6-13(5-11)9-15/h11-13H,2-10,16H2,1H3. The van der Waals surface area contributed by atoms with Crippen LogP contribution < -0.4 is 5.73 Å². The molecule has 1 atom stereocenters. The molecule has 0 aromatic carbocycles. The zero-order valence-electron chi connectivity index (χ0n) is 11.1. The van der Waals surface area contributed by atoms with Crippen LogP contribution in [0.1, 0.15) is 51.9 Å². The molecule has 1 aliphatic heterocycles. The van der Waals surface area contributed by atoms with Crippen molar-refractivity contribution in [1.29, 1.82) is 0 Å². The third-order valence-electron chi connectivity index (χ3n) is 6.18. The highest BCUT2D eigenvalue weighted by molar-refractivity contribution is 5.10. The maximum absolute atomic E-state index is 6.35. The lowest BCUT2D eigenvalue weighted by Gasteiger charge is -2.60. The molecular formula is C15H26N2. The number of nitrogens with two attached hydrogens (primary N) is 1. The van der Waals surface area contributed by atoms with Gasteiger partial charge in [0.15, 0.2) is 0 Å². The number of nitrogens with zero attached hydrogens (tertiary/aromatic N) is 1. The maximum Gasteiger partial charge on any atom is 0.0267 e. The van der Waals surface area contributed by atoms with E-state index < -0.39 is 0 Å². The van der Waals surface area contributed by atoms with Crippen LogP contribution in [-0.2, 0) is 0 Å². The molecule has 4 aliphatic carbocycles. The first kappa shape index (κ1) is 10.8. The van der Waals surface area contributed by atoms with E-state index in [1.54, 1.807) is 19.3 Å². The Morgan fingerprint density at radius 2 is 1.53 bits per heavy atom. The molecule has 1 heterocycles. The van der Waals surface area contributed by atoms with Gasteiger partial charge < -0.3 is 5.73 Å². The predicted octanol–water partition coefficient (Wildman–Crippen LogP) is 2.38. The number of likely N-dealkylation sites (tertiary alicyclic amines) is 1. The summed E-state index contributed by atoms with van der Waals surface area (Å²) in [6.45, 7) is 4.66. The summed E-state index contributed by atoms with van der Waals surface area (Å²) in [5.41, 5.74) is 7.02. The quantitative estimate of drug-likeness (QED) is 0.755. The summed E-state index contributed by atoms with van der Waals surface area (Å²) in [6.07, 6.45) is 10.3. The van der Waals surface area contributed by atoms with Gasteiger partial charge in [0.05, 0.1) is 0 Å². The molecule has 2 N–H and O–H groups in total. The molecule has 4 saturated carbocycles. The first-order valence-electron chi connectivity index (χ1n) is 7.59. The van der Waals surface area contributed by atoms with Crippen LogP contribution in [-0.4, -0.2) is 29.1 Å². The Hall–Kier alpha value is -0.0800. The first-order chi connectivity index (χ1) is 8.05. The van der Waals surface area contributed by atoms with Gasteiger partial charge in [0.1, 0.15) is 0 Å². The molecule has 2 heteroatoms. The van der Waals surface area contributed by atoms with Gasteiger partial charge in [-0.25, -0.2) is 0 Å². The van der Waals surface area contributed by atoms with E-state index in [0.29, 0.717) is 5.54 Å². The molecule has 17 heavy (non-hydrogen) atoms. The third-order valence-corrected chi connectivity index (χ3v) is 6.18. The van der Waals surface area contributed by atoms with Crippen LogP contribution in [0.25, 0.3) is 0 Å². The highest BCUT2D eigenvalue weighted by Crippen LogP contribution is 2.58. The van der Waals surface area contributed by atoms with Gasteiger partial charge in [0.25, 0.3) is 0 Å². The van der Waals surface area contributed by atoms with Crippen LogP contribution in [0.4, 0.5) is 0 Å². The Bertz CT molecular complexity index is 299. The number of rotatable bonds is 1. The molecule has 0 spiro atoms. The Morgan fingerprint density at radius 1 is 1.00 bits per heavy atom. The van der Waals surface area contributed by atoms with Crippen molar-refractivity contribution in [2.24, 2.45) is 23.5 Å². The summed E-state index contributed by atoms with van der Waals surface area (Å²) in [5, 5.41) is 0. The SMILES string of the molecule is CC1(N)CCN(C23CC4CC(CC(C4)C2)C3)C1. The Kier molecular flexibility index (Phi) is 2.08. The van der Waals surface area contributed by atoms with Crippen LogP contribution >= 0.6 is 0 Å². The topological polar surface area (TPSA) is 29.3 Å². The molecule has 96 valence electrons. The van der Waals surface area contributed by atoms with Crippen LogP contribution in [0, 0.1) is 17.8 Å². The molecule has 0 aromatic rings. The summed E-state index contributed by atoms with van der Waals surface area (Å²) in [6, 6.07) is 0. The van der Waals surface area contributed by atoms with E-state index in [4.69, 9.17) is 5.73 Å². The fraction of sp³-hybridized carbons (Fsp3) is 1.00. The molecule has 0 aromatic heterocycles. The van der Waals surface area contributed by atoms with Crippen LogP contribution in [0.3, 0.4) is 0 Å². The Labute approximate surface area is 105 Å². The van der Waals surface area contributed by atoms with E-state index in [0.717, 1.165) is 24.3 Å². The van der Waals surface area contributed by atoms with Crippen molar-refractivity contribution in [3.63, 3.8) is 0 Å². The van der Waals surface area contributed by atoms with Gasteiger partial charge in [0, 0.05) is 24.2 Å². The lowest BCUT2D eigenvalue weighted by Crippen LogP contribution is -2.60. The zero-order valence-corrected chi connectivity index (χ0v) is 11.1. The largest absolute Gasteiger partial charge is 0.324 e. The Morgan fingerprint density at radius 3 is 1.94 bits per heavy atom. The molecule has 0 amide bonds. The minimum Gasteiger partial charge on any atom is -0.324 e. The van der Waals surface area contributed by atoms with Gasteiger partial charge in [-0.15, -0.1) is 0 Å². The second-order valence-corrected chi connectivity index (χ2v) is 7.97. The average Bonchev–Trinajstić information content (AvgIpc) is 2.57. The van der Waals surface area contributed by atoms with Gasteiger partial charge >= 0.3 is 0 Å². The second kappa shape index (κ2) is 3.27. The average molecular weight is 234 g/mol. The zero-order chi connectivity index (χ0) is 11.7. The van der Waals surface area contributed by atoms with Crippen molar-refractivity contribution in [2.45, 2.75) is 62.9 Å². The van der Waals surface area contributed by atoms with Crippen LogP contribution in [0.15, 0.2) is 0 Å². The van der Waals surface area contributed by atoms with Gasteiger partial charge in [-0.1, -0.05) is 0 Å². The summed E-state index contributed by atoms with van der Waals surface area (Å²) >= 11 is 0. The minimum atomic E-state index is 0.0866. The van der Waals surface area contributed by atoms with E-state index in [1.165, 1.54) is 32.2 Å². The molecule has 4 bridgehead atoms. The van der Waals surface area contributed by atoms with E-state index in [-0.39, 0.29) is 5.54 Å². The van der Waals surface area contributed by atoms with Gasteiger partial charge in [0.2, 0.25) is 0 Å². The maximum atomic E-state index is 6.35. The van der Waals surface area contributed by atoms with Crippen LogP contribution in [0.5, 0.6) is 0 Å². The molecule has 0 radical (unpaired) electrons. The first-order valence-corrected chi connectivity index (χ1v) is 7.59. The molecule has 1 saturated heterocycles. The molecule has 5 aliphatic rings. The number of hydrogen-bond donors (Lipinski definition) is 1. The molecular weight excluding hydrogens is 208 g/mol. The van der Waals surface area contributed by atoms with E-state index >= 15 is 0 Å². The van der Waals surface area contributed by atoms with E-state index in [9.17, 15) is 0 Å². The van der Waals surface area contributed by atoms with Gasteiger partial charge in [-0.05, 0) is 69.6 Å². The summed E-state index contributed by atoms with van der Waals surface area (Å²) < 4.78 is 0. The minimum absolute atomic E-state index is 0.0866. The fourth-order valence-electron chi connectivity index (χ4n) is 5.84. The molecule has 2 nitrogen and oxygen atoms in total. The van der Waals surface area contributed by atoms with Crippen molar-refractivity contribution in [3.05, 3.63) is 0 Å². The fourth-order valence-corrected chi connectivity index (χ4v) is 5.84. The summed E-state index contributed by atoms with van der Waals surface area (Å²) in [7, 11) is 0. The monoisotopic (exact) mass is 234 g/mol. The van der Waals surface area contributed by atoms with E-state index in [2.05, 4.69) is 11.8 Å². The Balaban J connectivity index is 1.61. The highest BCUT2D eigenvalue weighted by atomic mass is 15.2. The van der Waals surface area contributed by atoms with Crippen molar-refractivity contribution < 1.29 is 0 Å². The number of hydrogen-bond acceptors (Lipinski definition) is 2. The normalized spacial score (nSPS) is 57.9. The smallest absolute Gasteiger partial charge is 0.0267 e. The van der Waals surface area contributed by atoms with Crippen molar-refractivity contribution >= 4 is 0 Å². The molecule has 5 fully saturated rings. The summed E-state index contributed by atoms with van der Waals surface area (Å²) in [5.74, 6) is 3.18. The summed E-state index contributed by atoms with van der Waals surface area (Å²) in [4.78, 5) is 2.80.